The first-order valence-electron chi connectivity index (χ1n) is 9.98. The van der Waals surface area contributed by atoms with E-state index in [4.69, 9.17) is 10.5 Å². The molecule has 1 aromatic carbocycles. The fourth-order valence-electron chi connectivity index (χ4n) is 4.17. The summed E-state index contributed by atoms with van der Waals surface area (Å²) < 4.78 is 8.12. The van der Waals surface area contributed by atoms with E-state index in [2.05, 4.69) is 27.5 Å². The third-order valence-corrected chi connectivity index (χ3v) is 6.87. The van der Waals surface area contributed by atoms with E-state index >= 15 is 0 Å². The maximum absolute atomic E-state index is 13.1. The number of aromatic nitrogens is 3. The van der Waals surface area contributed by atoms with E-state index in [9.17, 15) is 9.59 Å². The van der Waals surface area contributed by atoms with Crippen LogP contribution in [-0.2, 0) is 4.79 Å². The standard InChI is InChI=1S/C22H21N5O3S/c1-11-5-13-8-18(31-20(13)17(6-11)30-2)14-9-15(27-19(14)21(23)25-10-26-27)16(28)7-12-3-4-24-22(12)29/h5-6,8-10,12H,3-4,7H2,1-2H3,(H,24,29)(H2,23,25,26). The number of carbonyl (C=O) groups excluding carboxylic acids is 2. The maximum atomic E-state index is 13.1. The highest BCUT2D eigenvalue weighted by Crippen LogP contribution is 2.42. The van der Waals surface area contributed by atoms with Gasteiger partial charge in [0.1, 0.15) is 23.3 Å². The molecule has 1 aliphatic rings. The lowest BCUT2D eigenvalue weighted by atomic mass is 9.99. The lowest BCUT2D eigenvalue weighted by Gasteiger charge is -2.06. The van der Waals surface area contributed by atoms with Crippen LogP contribution < -0.4 is 15.8 Å². The Labute approximate surface area is 182 Å². The number of ether oxygens (including phenoxy) is 1. The molecule has 5 rings (SSSR count). The highest BCUT2D eigenvalue weighted by molar-refractivity contribution is 7.22. The number of Topliss-reactive ketones (excluding diaryl/α,β-unsaturated/α-hetero) is 1. The summed E-state index contributed by atoms with van der Waals surface area (Å²) in [6.45, 7) is 2.63. The number of ketones is 1. The van der Waals surface area contributed by atoms with Crippen LogP contribution in [0.4, 0.5) is 5.82 Å². The second-order valence-corrected chi connectivity index (χ2v) is 8.80. The predicted molar refractivity (Wildman–Crippen MR) is 120 cm³/mol. The largest absolute Gasteiger partial charge is 0.495 e. The average molecular weight is 436 g/mol. The van der Waals surface area contributed by atoms with E-state index in [1.165, 1.54) is 6.33 Å². The van der Waals surface area contributed by atoms with Crippen molar-refractivity contribution < 1.29 is 14.3 Å². The Kier molecular flexibility index (Phi) is 4.62. The van der Waals surface area contributed by atoms with Gasteiger partial charge < -0.3 is 15.8 Å². The Morgan fingerprint density at radius 3 is 2.94 bits per heavy atom. The van der Waals surface area contributed by atoms with Crippen LogP contribution in [0, 0.1) is 12.8 Å². The first-order valence-corrected chi connectivity index (χ1v) is 10.8. The molecule has 0 bridgehead atoms. The summed E-state index contributed by atoms with van der Waals surface area (Å²) in [6, 6.07) is 7.97. The molecule has 1 aliphatic heterocycles. The van der Waals surface area contributed by atoms with Gasteiger partial charge in [0, 0.05) is 29.3 Å². The number of amides is 1. The van der Waals surface area contributed by atoms with Gasteiger partial charge in [0.2, 0.25) is 5.91 Å². The molecule has 0 saturated carbocycles. The number of rotatable bonds is 5. The smallest absolute Gasteiger partial charge is 0.223 e. The van der Waals surface area contributed by atoms with E-state index < -0.39 is 0 Å². The summed E-state index contributed by atoms with van der Waals surface area (Å²) in [4.78, 5) is 30.1. The lowest BCUT2D eigenvalue weighted by molar-refractivity contribution is -0.122. The van der Waals surface area contributed by atoms with Crippen molar-refractivity contribution in [1.29, 1.82) is 0 Å². The predicted octanol–water partition coefficient (Wildman–Crippen LogP) is 3.22. The van der Waals surface area contributed by atoms with Crippen molar-refractivity contribution in [2.24, 2.45) is 5.92 Å². The van der Waals surface area contributed by atoms with Crippen LogP contribution in [0.5, 0.6) is 5.75 Å². The fourth-order valence-corrected chi connectivity index (χ4v) is 5.32. The molecule has 0 aliphatic carbocycles. The molecule has 31 heavy (non-hydrogen) atoms. The quantitative estimate of drug-likeness (QED) is 0.466. The summed E-state index contributed by atoms with van der Waals surface area (Å²) in [5.74, 6) is 0.578. The van der Waals surface area contributed by atoms with Crippen LogP contribution in [0.15, 0.2) is 30.6 Å². The molecule has 8 nitrogen and oxygen atoms in total. The normalized spacial score (nSPS) is 16.2. The van der Waals surface area contributed by atoms with E-state index in [1.54, 1.807) is 29.0 Å². The van der Waals surface area contributed by atoms with Crippen LogP contribution in [-0.4, -0.2) is 39.9 Å². The molecule has 1 unspecified atom stereocenters. The minimum Gasteiger partial charge on any atom is -0.495 e. The van der Waals surface area contributed by atoms with Gasteiger partial charge in [-0.05, 0) is 42.5 Å². The number of nitrogens with zero attached hydrogens (tertiary/aromatic N) is 3. The van der Waals surface area contributed by atoms with Gasteiger partial charge in [-0.2, -0.15) is 5.10 Å². The van der Waals surface area contributed by atoms with Gasteiger partial charge in [-0.15, -0.1) is 11.3 Å². The summed E-state index contributed by atoms with van der Waals surface area (Å²) in [6.07, 6.45) is 2.14. The molecular formula is C22H21N5O3S. The van der Waals surface area contributed by atoms with Crippen molar-refractivity contribution in [2.75, 3.05) is 19.4 Å². The molecular weight excluding hydrogens is 414 g/mol. The number of aryl methyl sites for hydroxylation is 1. The number of fused-ring (bicyclic) bond motifs is 2. The van der Waals surface area contributed by atoms with Gasteiger partial charge in [-0.25, -0.2) is 9.50 Å². The van der Waals surface area contributed by atoms with Gasteiger partial charge in [0.15, 0.2) is 11.6 Å². The van der Waals surface area contributed by atoms with Crippen molar-refractivity contribution in [1.82, 2.24) is 19.9 Å². The van der Waals surface area contributed by atoms with Crippen LogP contribution in [0.25, 0.3) is 26.0 Å². The third kappa shape index (κ3) is 3.21. The Morgan fingerprint density at radius 1 is 1.35 bits per heavy atom. The number of thiophene rings is 1. The summed E-state index contributed by atoms with van der Waals surface area (Å²) >= 11 is 1.57. The van der Waals surface area contributed by atoms with E-state index in [1.807, 2.05) is 13.0 Å². The Morgan fingerprint density at radius 2 is 2.19 bits per heavy atom. The number of benzene rings is 1. The molecule has 1 amide bonds. The van der Waals surface area contributed by atoms with Gasteiger partial charge in [-0.1, -0.05) is 6.07 Å². The minimum absolute atomic E-state index is 0.0736. The SMILES string of the molecule is COc1cc(C)cc2cc(-c3cc(C(=O)CC4CCNC4=O)n4ncnc(N)c34)sc12. The number of nitrogens with one attached hydrogen (secondary N) is 1. The molecule has 3 aromatic heterocycles. The third-order valence-electron chi connectivity index (χ3n) is 5.67. The van der Waals surface area contributed by atoms with Crippen molar-refractivity contribution >= 4 is 44.4 Å². The van der Waals surface area contributed by atoms with Crippen LogP contribution in [0.2, 0.25) is 0 Å². The number of nitrogen functional groups attached to an aromatic ring is 1. The number of hydrogen-bond acceptors (Lipinski definition) is 7. The second-order valence-electron chi connectivity index (χ2n) is 7.75. The van der Waals surface area contributed by atoms with Crippen molar-refractivity contribution in [3.8, 4) is 16.2 Å². The number of methoxy groups -OCH3 is 1. The highest BCUT2D eigenvalue weighted by atomic mass is 32.1. The minimum atomic E-state index is -0.308. The summed E-state index contributed by atoms with van der Waals surface area (Å²) in [5, 5.41) is 8.13. The zero-order valence-corrected chi connectivity index (χ0v) is 18.0. The average Bonchev–Trinajstić information content (AvgIpc) is 3.44. The van der Waals surface area contributed by atoms with Crippen molar-refractivity contribution in [2.45, 2.75) is 19.8 Å². The molecule has 0 spiro atoms. The zero-order valence-electron chi connectivity index (χ0n) is 17.1. The number of carbonyl (C=O) groups is 2. The Hall–Kier alpha value is -3.46. The second kappa shape index (κ2) is 7.35. The molecule has 4 heterocycles. The summed E-state index contributed by atoms with van der Waals surface area (Å²) in [7, 11) is 1.66. The first kappa shape index (κ1) is 19.5. The van der Waals surface area contributed by atoms with Crippen LogP contribution in [0.1, 0.15) is 28.9 Å². The van der Waals surface area contributed by atoms with Gasteiger partial charge >= 0.3 is 0 Å². The highest BCUT2D eigenvalue weighted by Gasteiger charge is 2.29. The molecule has 9 heteroatoms. The summed E-state index contributed by atoms with van der Waals surface area (Å²) in [5.41, 5.74) is 9.08. The van der Waals surface area contributed by atoms with E-state index in [0.29, 0.717) is 30.0 Å². The van der Waals surface area contributed by atoms with Gasteiger partial charge in [0.25, 0.3) is 0 Å². The molecule has 1 fully saturated rings. The number of anilines is 1. The lowest BCUT2D eigenvalue weighted by Crippen LogP contribution is -2.21. The van der Waals surface area contributed by atoms with E-state index in [0.717, 1.165) is 31.8 Å². The number of hydrogen-bond donors (Lipinski definition) is 2. The van der Waals surface area contributed by atoms with E-state index in [-0.39, 0.29) is 24.0 Å². The topological polar surface area (TPSA) is 112 Å². The number of nitrogens with two attached hydrogens (primary N) is 1. The maximum Gasteiger partial charge on any atom is 0.223 e. The van der Waals surface area contributed by atoms with Crippen molar-refractivity contribution in [3.05, 3.63) is 41.9 Å². The van der Waals surface area contributed by atoms with Crippen molar-refractivity contribution in [3.63, 3.8) is 0 Å². The molecule has 158 valence electrons. The molecule has 0 radical (unpaired) electrons. The zero-order chi connectivity index (χ0) is 21.7. The molecule has 1 atom stereocenters. The van der Waals surface area contributed by atoms with Crippen LogP contribution in [0.3, 0.4) is 0 Å². The van der Waals surface area contributed by atoms with Gasteiger partial charge in [0.05, 0.1) is 11.8 Å². The molecule has 4 aromatic rings. The Balaban J connectivity index is 1.65. The monoisotopic (exact) mass is 435 g/mol. The molecule has 3 N–H and O–H groups in total. The Bertz CT molecular complexity index is 1360. The first-order chi connectivity index (χ1) is 15.0. The fraction of sp³-hybridized carbons (Fsp3) is 0.273. The van der Waals surface area contributed by atoms with Gasteiger partial charge in [-0.3, -0.25) is 9.59 Å². The van der Waals surface area contributed by atoms with Crippen LogP contribution >= 0.6 is 11.3 Å². The molecule has 1 saturated heterocycles.